The van der Waals surface area contributed by atoms with Crippen molar-refractivity contribution >= 4 is 28.9 Å². The summed E-state index contributed by atoms with van der Waals surface area (Å²) in [7, 11) is 0. The second kappa shape index (κ2) is 9.31. The molecule has 2 N–H and O–H groups in total. The highest BCUT2D eigenvalue weighted by Crippen LogP contribution is 2.31. The van der Waals surface area contributed by atoms with Gasteiger partial charge in [0.15, 0.2) is 5.75 Å². The number of halogens is 5. The Hall–Kier alpha value is -2.68. The van der Waals surface area contributed by atoms with Gasteiger partial charge >= 0.3 is 13.2 Å². The van der Waals surface area contributed by atoms with Gasteiger partial charge in [0.2, 0.25) is 5.91 Å². The summed E-state index contributed by atoms with van der Waals surface area (Å²) in [6.07, 6.45) is 0. The summed E-state index contributed by atoms with van der Waals surface area (Å²) in [6, 6.07) is 8.22. The van der Waals surface area contributed by atoms with Crippen LogP contribution < -0.4 is 20.1 Å². The molecule has 27 heavy (non-hydrogen) atoms. The summed E-state index contributed by atoms with van der Waals surface area (Å²) in [5.41, 5.74) is 1.30. The molecule has 0 aliphatic heterocycles. The van der Waals surface area contributed by atoms with Crippen molar-refractivity contribution in [1.82, 2.24) is 0 Å². The fraction of sp³-hybridized carbons (Fsp3) is 0.235. The number of rotatable bonds is 8. The average Bonchev–Trinajstić information content (AvgIpc) is 2.55. The summed E-state index contributed by atoms with van der Waals surface area (Å²) >= 11 is 6.02. The summed E-state index contributed by atoms with van der Waals surface area (Å²) < 4.78 is 58.0. The Bertz CT molecular complexity index is 806. The van der Waals surface area contributed by atoms with Crippen LogP contribution in [-0.2, 0) is 4.79 Å². The molecule has 0 spiro atoms. The number of hydrogen-bond acceptors (Lipinski definition) is 4. The number of hydrogen-bond donors (Lipinski definition) is 2. The minimum atomic E-state index is -3.19. The largest absolute Gasteiger partial charge is 0.435 e. The second-order valence-electron chi connectivity index (χ2n) is 5.30. The molecule has 0 atom stereocenters. The van der Waals surface area contributed by atoms with Crippen molar-refractivity contribution in [2.24, 2.45) is 0 Å². The number of nitrogens with one attached hydrogen (secondary N) is 2. The van der Waals surface area contributed by atoms with E-state index in [0.29, 0.717) is 10.7 Å². The molecule has 0 aliphatic carbocycles. The van der Waals surface area contributed by atoms with Gasteiger partial charge in [-0.05, 0) is 36.8 Å². The first kappa shape index (κ1) is 20.6. The summed E-state index contributed by atoms with van der Waals surface area (Å²) in [6.45, 7) is -4.77. The maximum absolute atomic E-state index is 12.5. The number of aryl methyl sites for hydroxylation is 1. The van der Waals surface area contributed by atoms with E-state index in [2.05, 4.69) is 20.1 Å². The molecule has 0 fully saturated rings. The maximum Gasteiger partial charge on any atom is 0.387 e. The van der Waals surface area contributed by atoms with E-state index in [1.165, 1.54) is 6.07 Å². The van der Waals surface area contributed by atoms with Crippen LogP contribution in [0, 0.1) is 6.92 Å². The van der Waals surface area contributed by atoms with Crippen molar-refractivity contribution in [2.75, 3.05) is 17.2 Å². The van der Waals surface area contributed by atoms with Crippen LogP contribution in [0.2, 0.25) is 5.02 Å². The second-order valence-corrected chi connectivity index (χ2v) is 5.71. The molecule has 10 heteroatoms. The smallest absolute Gasteiger partial charge is 0.387 e. The van der Waals surface area contributed by atoms with Crippen molar-refractivity contribution in [1.29, 1.82) is 0 Å². The Morgan fingerprint density at radius 1 is 1.04 bits per heavy atom. The molecular weight excluding hydrogens is 392 g/mol. The maximum atomic E-state index is 12.5. The van der Waals surface area contributed by atoms with E-state index < -0.39 is 24.9 Å². The van der Waals surface area contributed by atoms with Gasteiger partial charge in [-0.3, -0.25) is 4.79 Å². The number of carbonyl (C=O) groups excluding carboxylic acids is 1. The average molecular weight is 407 g/mol. The van der Waals surface area contributed by atoms with Crippen LogP contribution in [0.4, 0.5) is 28.9 Å². The van der Waals surface area contributed by atoms with Crippen LogP contribution in [0.15, 0.2) is 36.4 Å². The Kier molecular flexibility index (Phi) is 7.12. The lowest BCUT2D eigenvalue weighted by Gasteiger charge is -2.15. The SMILES string of the molecule is Cc1ccc(NC(=O)CNc2ccc(OC(F)F)cc2OC(F)F)c(Cl)c1. The van der Waals surface area contributed by atoms with Gasteiger partial charge in [0.05, 0.1) is 22.9 Å². The predicted octanol–water partition coefficient (Wildman–Crippen LogP) is 4.90. The van der Waals surface area contributed by atoms with Crippen LogP contribution in [0.5, 0.6) is 11.5 Å². The van der Waals surface area contributed by atoms with Crippen molar-refractivity contribution < 1.29 is 31.8 Å². The molecule has 146 valence electrons. The molecule has 0 saturated carbocycles. The Labute approximate surface area is 157 Å². The van der Waals surface area contributed by atoms with Crippen molar-refractivity contribution in [3.05, 3.63) is 47.0 Å². The molecule has 0 aromatic heterocycles. The highest BCUT2D eigenvalue weighted by Gasteiger charge is 2.14. The van der Waals surface area contributed by atoms with Gasteiger partial charge in [0, 0.05) is 6.07 Å². The quantitative estimate of drug-likeness (QED) is 0.612. The lowest BCUT2D eigenvalue weighted by atomic mass is 10.2. The molecule has 2 aromatic rings. The first-order valence-electron chi connectivity index (χ1n) is 7.58. The zero-order valence-corrected chi connectivity index (χ0v) is 14.7. The molecule has 0 heterocycles. The fourth-order valence-electron chi connectivity index (χ4n) is 2.11. The monoisotopic (exact) mass is 406 g/mol. The molecule has 0 bridgehead atoms. The topological polar surface area (TPSA) is 59.6 Å². The summed E-state index contributed by atoms with van der Waals surface area (Å²) in [5, 5.41) is 5.50. The van der Waals surface area contributed by atoms with E-state index >= 15 is 0 Å². The van der Waals surface area contributed by atoms with Crippen LogP contribution in [0.1, 0.15) is 5.56 Å². The standard InChI is InChI=1S/C17H15ClF4N2O3/c1-9-2-4-12(11(18)6-9)24-15(25)8-23-13-5-3-10(26-16(19)20)7-14(13)27-17(21)22/h2-7,16-17,23H,8H2,1H3,(H,24,25). The van der Waals surface area contributed by atoms with E-state index in [-0.39, 0.29) is 18.0 Å². The van der Waals surface area contributed by atoms with Gasteiger partial charge in [0.25, 0.3) is 0 Å². The highest BCUT2D eigenvalue weighted by atomic mass is 35.5. The molecule has 2 aromatic carbocycles. The van der Waals surface area contributed by atoms with Gasteiger partial charge in [-0.2, -0.15) is 17.6 Å². The number of anilines is 2. The molecule has 1 amide bonds. The Morgan fingerprint density at radius 2 is 1.70 bits per heavy atom. The third-order valence-electron chi connectivity index (χ3n) is 3.23. The predicted molar refractivity (Wildman–Crippen MR) is 93.0 cm³/mol. The van der Waals surface area contributed by atoms with Crippen LogP contribution in [-0.4, -0.2) is 25.7 Å². The minimum absolute atomic E-state index is 0.00192. The lowest BCUT2D eigenvalue weighted by molar-refractivity contribution is -0.114. The van der Waals surface area contributed by atoms with Crippen LogP contribution in [0.3, 0.4) is 0 Å². The lowest BCUT2D eigenvalue weighted by Crippen LogP contribution is -2.22. The van der Waals surface area contributed by atoms with Crippen molar-refractivity contribution in [2.45, 2.75) is 20.1 Å². The van der Waals surface area contributed by atoms with Gasteiger partial charge in [0.1, 0.15) is 5.75 Å². The number of carbonyl (C=O) groups is 1. The number of alkyl halides is 4. The number of ether oxygens (including phenoxy) is 2. The van der Waals surface area contributed by atoms with Gasteiger partial charge in [-0.1, -0.05) is 17.7 Å². The van der Waals surface area contributed by atoms with E-state index in [1.807, 2.05) is 6.92 Å². The molecule has 5 nitrogen and oxygen atoms in total. The normalized spacial score (nSPS) is 10.8. The zero-order chi connectivity index (χ0) is 20.0. The molecule has 2 rings (SSSR count). The van der Waals surface area contributed by atoms with E-state index in [4.69, 9.17) is 11.6 Å². The van der Waals surface area contributed by atoms with Gasteiger partial charge in [-0.25, -0.2) is 0 Å². The summed E-state index contributed by atoms with van der Waals surface area (Å²) in [4.78, 5) is 12.0. The molecule has 0 unspecified atom stereocenters. The van der Waals surface area contributed by atoms with Crippen molar-refractivity contribution in [3.8, 4) is 11.5 Å². The molecule has 0 saturated heterocycles. The van der Waals surface area contributed by atoms with Crippen molar-refractivity contribution in [3.63, 3.8) is 0 Å². The highest BCUT2D eigenvalue weighted by molar-refractivity contribution is 6.33. The number of amides is 1. The third-order valence-corrected chi connectivity index (χ3v) is 3.55. The van der Waals surface area contributed by atoms with Gasteiger partial charge in [-0.15, -0.1) is 0 Å². The van der Waals surface area contributed by atoms with E-state index in [1.54, 1.807) is 18.2 Å². The Balaban J connectivity index is 2.05. The van der Waals surface area contributed by atoms with Crippen LogP contribution >= 0.6 is 11.6 Å². The first-order chi connectivity index (χ1) is 12.7. The van der Waals surface area contributed by atoms with E-state index in [0.717, 1.165) is 17.7 Å². The first-order valence-corrected chi connectivity index (χ1v) is 7.96. The van der Waals surface area contributed by atoms with Gasteiger partial charge < -0.3 is 20.1 Å². The molecular formula is C17H15ClF4N2O3. The minimum Gasteiger partial charge on any atom is -0.435 e. The molecule has 0 radical (unpaired) electrons. The molecule has 0 aliphatic rings. The van der Waals surface area contributed by atoms with E-state index in [9.17, 15) is 22.4 Å². The fourth-order valence-corrected chi connectivity index (χ4v) is 2.39. The third kappa shape index (κ3) is 6.52. The number of benzene rings is 2. The summed E-state index contributed by atoms with van der Waals surface area (Å²) in [5.74, 6) is -1.30. The van der Waals surface area contributed by atoms with Crippen LogP contribution in [0.25, 0.3) is 0 Å². The zero-order valence-electron chi connectivity index (χ0n) is 13.9. The Morgan fingerprint density at radius 3 is 2.33 bits per heavy atom.